The first-order chi connectivity index (χ1) is 9.03. The molecule has 2 N–H and O–H groups in total. The summed E-state index contributed by atoms with van der Waals surface area (Å²) >= 11 is 0. The summed E-state index contributed by atoms with van der Waals surface area (Å²) in [7, 11) is 2.85. The largest absolute Gasteiger partial charge is 0.465 e. The van der Waals surface area contributed by atoms with Crippen LogP contribution in [0.1, 0.15) is 29.3 Å². The third-order valence-corrected chi connectivity index (χ3v) is 2.61. The van der Waals surface area contributed by atoms with E-state index in [2.05, 4.69) is 9.73 Å². The van der Waals surface area contributed by atoms with Crippen molar-refractivity contribution < 1.29 is 13.9 Å². The number of carbonyl (C=O) groups excluding carboxylic acids is 1. The lowest BCUT2D eigenvalue weighted by atomic mass is 10.0. The number of hydrogen-bond acceptors (Lipinski definition) is 4. The van der Waals surface area contributed by atoms with Gasteiger partial charge in [0.1, 0.15) is 5.82 Å². The van der Waals surface area contributed by atoms with E-state index in [0.29, 0.717) is 23.3 Å². The average molecular weight is 264 g/mol. The third kappa shape index (κ3) is 3.64. The summed E-state index contributed by atoms with van der Waals surface area (Å²) in [6.07, 6.45) is 2.15. The minimum Gasteiger partial charge on any atom is -0.465 e. The highest BCUT2D eigenvalue weighted by atomic mass is 19.1. The molecule has 0 amide bonds. The molecule has 0 aromatic heterocycles. The number of esters is 1. The minimum atomic E-state index is -0.594. The van der Waals surface area contributed by atoms with Crippen molar-refractivity contribution in [2.45, 2.75) is 13.3 Å². The molecule has 19 heavy (non-hydrogen) atoms. The van der Waals surface area contributed by atoms with Crippen LogP contribution in [0.15, 0.2) is 28.9 Å². The Hall–Kier alpha value is -2.17. The zero-order valence-electron chi connectivity index (χ0n) is 11.2. The summed E-state index contributed by atoms with van der Waals surface area (Å²) in [4.78, 5) is 15.4. The highest BCUT2D eigenvalue weighted by Gasteiger charge is 2.12. The van der Waals surface area contributed by atoms with E-state index in [1.807, 2.05) is 6.92 Å². The molecule has 102 valence electrons. The Bertz CT molecular complexity index is 536. The lowest BCUT2D eigenvalue weighted by Gasteiger charge is -2.09. The van der Waals surface area contributed by atoms with Gasteiger partial charge in [0, 0.05) is 24.5 Å². The first-order valence-corrected chi connectivity index (χ1v) is 5.83. The predicted octanol–water partition coefficient (Wildman–Crippen LogP) is 2.39. The lowest BCUT2D eigenvalue weighted by molar-refractivity contribution is 0.0600. The van der Waals surface area contributed by atoms with E-state index < -0.39 is 11.8 Å². The number of hydrogen-bond donors (Lipinski definition) is 1. The van der Waals surface area contributed by atoms with E-state index in [4.69, 9.17) is 5.73 Å². The summed E-state index contributed by atoms with van der Waals surface area (Å²) in [6, 6.07) is 3.97. The number of ether oxygens (including phenoxy) is 1. The molecule has 0 aliphatic heterocycles. The van der Waals surface area contributed by atoms with Crippen LogP contribution in [0.5, 0.6) is 0 Å². The van der Waals surface area contributed by atoms with Crippen LogP contribution >= 0.6 is 0 Å². The number of methoxy groups -OCH3 is 1. The van der Waals surface area contributed by atoms with Crippen molar-refractivity contribution in [1.29, 1.82) is 0 Å². The molecule has 0 atom stereocenters. The maximum atomic E-state index is 13.6. The number of nitrogens with two attached hydrogens (primary N) is 1. The van der Waals surface area contributed by atoms with E-state index in [1.54, 1.807) is 13.3 Å². The molecule has 0 aliphatic carbocycles. The molecule has 0 fully saturated rings. The molecule has 0 heterocycles. The summed E-state index contributed by atoms with van der Waals surface area (Å²) in [6.45, 7) is 1.89. The maximum Gasteiger partial charge on any atom is 0.337 e. The molecule has 0 bridgehead atoms. The summed E-state index contributed by atoms with van der Waals surface area (Å²) in [5, 5.41) is 0. The summed E-state index contributed by atoms with van der Waals surface area (Å²) < 4.78 is 18.2. The van der Waals surface area contributed by atoms with Gasteiger partial charge in [-0.15, -0.1) is 0 Å². The van der Waals surface area contributed by atoms with Gasteiger partial charge in [0.05, 0.1) is 12.7 Å². The molecule has 0 radical (unpaired) electrons. The Morgan fingerprint density at radius 2 is 2.05 bits per heavy atom. The number of aliphatic imine (C=N–C) groups is 1. The molecule has 1 rings (SSSR count). The predicted molar refractivity (Wildman–Crippen MR) is 73.6 cm³/mol. The number of nitrogens with zero attached hydrogens (tertiary/aromatic N) is 1. The number of carbonyl (C=O) groups is 1. The van der Waals surface area contributed by atoms with E-state index in [0.717, 1.165) is 6.07 Å². The quantitative estimate of drug-likeness (QED) is 0.670. The molecule has 0 spiro atoms. The second kappa shape index (κ2) is 6.68. The van der Waals surface area contributed by atoms with E-state index in [9.17, 15) is 9.18 Å². The second-order valence-corrected chi connectivity index (χ2v) is 3.90. The molecule has 1 aromatic rings. The van der Waals surface area contributed by atoms with Gasteiger partial charge in [-0.05, 0) is 30.2 Å². The Labute approximate surface area is 111 Å². The van der Waals surface area contributed by atoms with Gasteiger partial charge in [-0.1, -0.05) is 6.92 Å². The van der Waals surface area contributed by atoms with Gasteiger partial charge in [-0.25, -0.2) is 9.18 Å². The first-order valence-electron chi connectivity index (χ1n) is 5.83. The van der Waals surface area contributed by atoms with Crippen molar-refractivity contribution in [2.24, 2.45) is 10.7 Å². The Morgan fingerprint density at radius 3 is 2.58 bits per heavy atom. The van der Waals surface area contributed by atoms with Crippen molar-refractivity contribution in [2.75, 3.05) is 14.2 Å². The number of allylic oxidation sites excluding steroid dienone is 2. The Morgan fingerprint density at radius 1 is 1.42 bits per heavy atom. The zero-order valence-corrected chi connectivity index (χ0v) is 11.2. The van der Waals surface area contributed by atoms with Crippen molar-refractivity contribution in [3.05, 3.63) is 40.8 Å². The topological polar surface area (TPSA) is 64.7 Å². The fraction of sp³-hybridized carbons (Fsp3) is 0.286. The molecule has 0 unspecified atom stereocenters. The van der Waals surface area contributed by atoms with Crippen molar-refractivity contribution in [1.82, 2.24) is 0 Å². The normalized spacial score (nSPS) is 12.4. The molecular formula is C14H17FN2O2. The zero-order chi connectivity index (χ0) is 14.4. The first kappa shape index (κ1) is 14.9. The van der Waals surface area contributed by atoms with Crippen LogP contribution in [0.2, 0.25) is 0 Å². The molecule has 1 aromatic carbocycles. The fourth-order valence-corrected chi connectivity index (χ4v) is 1.64. The van der Waals surface area contributed by atoms with Crippen molar-refractivity contribution in [3.63, 3.8) is 0 Å². The second-order valence-electron chi connectivity index (χ2n) is 3.90. The minimum absolute atomic E-state index is 0.142. The van der Waals surface area contributed by atoms with Gasteiger partial charge >= 0.3 is 5.97 Å². The van der Waals surface area contributed by atoms with Crippen LogP contribution in [-0.2, 0) is 4.74 Å². The van der Waals surface area contributed by atoms with Crippen LogP contribution in [0, 0.1) is 5.82 Å². The van der Waals surface area contributed by atoms with Crippen LogP contribution < -0.4 is 5.73 Å². The van der Waals surface area contributed by atoms with Gasteiger partial charge in [-0.2, -0.15) is 0 Å². The average Bonchev–Trinajstić information content (AvgIpc) is 2.42. The third-order valence-electron chi connectivity index (χ3n) is 2.61. The maximum absolute atomic E-state index is 13.6. The van der Waals surface area contributed by atoms with Crippen molar-refractivity contribution >= 4 is 17.8 Å². The lowest BCUT2D eigenvalue weighted by Crippen LogP contribution is -2.06. The summed E-state index contributed by atoms with van der Waals surface area (Å²) in [5.41, 5.74) is 7.72. The van der Waals surface area contributed by atoms with Crippen molar-refractivity contribution in [3.8, 4) is 0 Å². The molecule has 5 heteroatoms. The van der Waals surface area contributed by atoms with Gasteiger partial charge in [-0.3, -0.25) is 4.99 Å². The van der Waals surface area contributed by atoms with Gasteiger partial charge in [0.2, 0.25) is 0 Å². The van der Waals surface area contributed by atoms with E-state index >= 15 is 0 Å². The summed E-state index contributed by atoms with van der Waals surface area (Å²) in [5.74, 6) is -1.12. The monoisotopic (exact) mass is 264 g/mol. The number of rotatable bonds is 4. The van der Waals surface area contributed by atoms with Gasteiger partial charge < -0.3 is 10.5 Å². The van der Waals surface area contributed by atoms with E-state index in [1.165, 1.54) is 19.2 Å². The highest BCUT2D eigenvalue weighted by Crippen LogP contribution is 2.20. The molecule has 4 nitrogen and oxygen atoms in total. The van der Waals surface area contributed by atoms with Crippen LogP contribution in [-0.4, -0.2) is 26.3 Å². The smallest absolute Gasteiger partial charge is 0.337 e. The van der Waals surface area contributed by atoms with Gasteiger partial charge in [0.25, 0.3) is 0 Å². The SMILES string of the molecule is CCC(N)=C(C=NC)c1cc(F)cc(C(=O)OC)c1. The highest BCUT2D eigenvalue weighted by molar-refractivity contribution is 6.11. The fourth-order valence-electron chi connectivity index (χ4n) is 1.64. The molecule has 0 saturated carbocycles. The Kier molecular flexibility index (Phi) is 5.23. The van der Waals surface area contributed by atoms with Gasteiger partial charge in [0.15, 0.2) is 0 Å². The number of halogens is 1. The number of benzene rings is 1. The van der Waals surface area contributed by atoms with Crippen LogP contribution in [0.4, 0.5) is 4.39 Å². The molecular weight excluding hydrogens is 247 g/mol. The van der Waals surface area contributed by atoms with Crippen LogP contribution in [0.3, 0.4) is 0 Å². The molecule has 0 saturated heterocycles. The van der Waals surface area contributed by atoms with Crippen LogP contribution in [0.25, 0.3) is 5.57 Å². The standard InChI is InChI=1S/C14H17FN2O2/c1-4-13(16)12(8-17-2)9-5-10(14(18)19-3)7-11(15)6-9/h5-8H,4,16H2,1-3H3. The molecule has 0 aliphatic rings. The Balaban J connectivity index is 3.40. The van der Waals surface area contributed by atoms with E-state index in [-0.39, 0.29) is 5.56 Å².